The summed E-state index contributed by atoms with van der Waals surface area (Å²) in [5.74, 6) is -0.0796. The SMILES string of the molecule is COc1cc(C(=O)NCC(C)(O)c2ccc(OC)c(-c3ccc(F)c(Cl)c3)n2)ccc1N1CCCC1O. The lowest BCUT2D eigenvalue weighted by atomic mass is 9.99. The van der Waals surface area contributed by atoms with Crippen LogP contribution in [0.3, 0.4) is 0 Å². The Morgan fingerprint density at radius 1 is 1.19 bits per heavy atom. The first-order valence-corrected chi connectivity index (χ1v) is 12.2. The molecule has 2 unspecified atom stereocenters. The van der Waals surface area contributed by atoms with Gasteiger partial charge in [-0.1, -0.05) is 11.6 Å². The molecular formula is C27H29ClFN3O5. The first-order chi connectivity index (χ1) is 17.6. The van der Waals surface area contributed by atoms with E-state index in [-0.39, 0.29) is 17.3 Å². The van der Waals surface area contributed by atoms with Gasteiger partial charge in [0.25, 0.3) is 5.91 Å². The molecule has 1 aromatic heterocycles. The summed E-state index contributed by atoms with van der Waals surface area (Å²) < 4.78 is 24.5. The number of carbonyl (C=O) groups is 1. The van der Waals surface area contributed by atoms with Gasteiger partial charge in [-0.05, 0) is 68.3 Å². The number of nitrogens with one attached hydrogen (secondary N) is 1. The number of aliphatic hydroxyl groups is 2. The number of carbonyl (C=O) groups excluding carboxylic acids is 1. The van der Waals surface area contributed by atoms with E-state index in [1.807, 2.05) is 4.90 Å². The van der Waals surface area contributed by atoms with Crippen LogP contribution in [-0.4, -0.2) is 54.6 Å². The van der Waals surface area contributed by atoms with E-state index in [1.54, 1.807) is 30.3 Å². The molecule has 1 aliphatic heterocycles. The molecule has 10 heteroatoms. The fourth-order valence-corrected chi connectivity index (χ4v) is 4.47. The molecule has 3 N–H and O–H groups in total. The second-order valence-electron chi connectivity index (χ2n) is 9.04. The fraction of sp³-hybridized carbons (Fsp3) is 0.333. The van der Waals surface area contributed by atoms with Crippen molar-refractivity contribution in [2.75, 3.05) is 32.2 Å². The average molecular weight is 530 g/mol. The van der Waals surface area contributed by atoms with E-state index in [1.165, 1.54) is 39.3 Å². The van der Waals surface area contributed by atoms with Gasteiger partial charge in [0.05, 0.1) is 37.2 Å². The van der Waals surface area contributed by atoms with Crippen molar-refractivity contribution in [2.24, 2.45) is 0 Å². The van der Waals surface area contributed by atoms with Crippen molar-refractivity contribution >= 4 is 23.2 Å². The zero-order valence-corrected chi connectivity index (χ0v) is 21.6. The maximum atomic E-state index is 13.7. The van der Waals surface area contributed by atoms with Crippen molar-refractivity contribution in [1.82, 2.24) is 10.3 Å². The van der Waals surface area contributed by atoms with Crippen LogP contribution in [0, 0.1) is 5.82 Å². The van der Waals surface area contributed by atoms with E-state index < -0.39 is 23.6 Å². The molecule has 37 heavy (non-hydrogen) atoms. The Balaban J connectivity index is 1.52. The number of benzene rings is 2. The lowest BCUT2D eigenvalue weighted by Gasteiger charge is -2.26. The molecule has 3 aromatic rings. The third-order valence-corrected chi connectivity index (χ3v) is 6.68. The molecule has 196 valence electrons. The van der Waals surface area contributed by atoms with Crippen molar-refractivity contribution < 1.29 is 28.9 Å². The summed E-state index contributed by atoms with van der Waals surface area (Å²) in [5, 5.41) is 24.0. The molecule has 0 aliphatic carbocycles. The molecular weight excluding hydrogens is 501 g/mol. The van der Waals surface area contributed by atoms with Gasteiger partial charge in [-0.15, -0.1) is 0 Å². The average Bonchev–Trinajstić information content (AvgIpc) is 3.33. The Kier molecular flexibility index (Phi) is 7.87. The molecule has 0 spiro atoms. The highest BCUT2D eigenvalue weighted by molar-refractivity contribution is 6.31. The zero-order chi connectivity index (χ0) is 26.7. The summed E-state index contributed by atoms with van der Waals surface area (Å²) in [7, 11) is 2.99. The largest absolute Gasteiger partial charge is 0.495 e. The van der Waals surface area contributed by atoms with Crippen molar-refractivity contribution in [3.05, 3.63) is 70.6 Å². The van der Waals surface area contributed by atoms with Gasteiger partial charge in [0.1, 0.15) is 34.8 Å². The van der Waals surface area contributed by atoms with Gasteiger partial charge in [0.15, 0.2) is 0 Å². The number of pyridine rings is 1. The third kappa shape index (κ3) is 5.64. The first-order valence-electron chi connectivity index (χ1n) is 11.8. The van der Waals surface area contributed by atoms with Crippen LogP contribution in [0.5, 0.6) is 11.5 Å². The van der Waals surface area contributed by atoms with E-state index in [2.05, 4.69) is 10.3 Å². The molecule has 1 amide bonds. The lowest BCUT2D eigenvalue weighted by molar-refractivity contribution is 0.0489. The molecule has 0 saturated carbocycles. The third-order valence-electron chi connectivity index (χ3n) is 6.39. The van der Waals surface area contributed by atoms with Crippen LogP contribution in [-0.2, 0) is 5.60 Å². The number of hydrogen-bond donors (Lipinski definition) is 3. The zero-order valence-electron chi connectivity index (χ0n) is 20.8. The summed E-state index contributed by atoms with van der Waals surface area (Å²) >= 11 is 5.94. The molecule has 2 aromatic carbocycles. The Bertz CT molecular complexity index is 1300. The van der Waals surface area contributed by atoms with E-state index in [0.29, 0.717) is 47.0 Å². The predicted molar refractivity (Wildman–Crippen MR) is 139 cm³/mol. The molecule has 2 atom stereocenters. The molecule has 0 radical (unpaired) electrons. The molecule has 0 bridgehead atoms. The quantitative estimate of drug-likeness (QED) is 0.403. The van der Waals surface area contributed by atoms with Gasteiger partial charge >= 0.3 is 0 Å². The number of methoxy groups -OCH3 is 2. The summed E-state index contributed by atoms with van der Waals surface area (Å²) in [6.07, 6.45) is 0.962. The minimum Gasteiger partial charge on any atom is -0.495 e. The molecule has 1 aliphatic rings. The van der Waals surface area contributed by atoms with Crippen molar-refractivity contribution in [3.63, 3.8) is 0 Å². The molecule has 1 saturated heterocycles. The topological polar surface area (TPSA) is 104 Å². The van der Waals surface area contributed by atoms with Crippen LogP contribution in [0.4, 0.5) is 10.1 Å². The number of rotatable bonds is 8. The summed E-state index contributed by atoms with van der Waals surface area (Å²) in [6, 6.07) is 12.4. The number of nitrogens with zero attached hydrogens (tertiary/aromatic N) is 2. The Labute approximate surface area is 219 Å². The molecule has 1 fully saturated rings. The first kappa shape index (κ1) is 26.7. The monoisotopic (exact) mass is 529 g/mol. The van der Waals surface area contributed by atoms with Gasteiger partial charge < -0.3 is 29.9 Å². The lowest BCUT2D eigenvalue weighted by Crippen LogP contribution is -2.39. The Hall–Kier alpha value is -3.40. The van der Waals surface area contributed by atoms with Gasteiger partial charge in [0.2, 0.25) is 0 Å². The highest BCUT2D eigenvalue weighted by atomic mass is 35.5. The Morgan fingerprint density at radius 2 is 1.95 bits per heavy atom. The number of aliphatic hydroxyl groups excluding tert-OH is 1. The summed E-state index contributed by atoms with van der Waals surface area (Å²) in [5.41, 5.74) is 0.684. The van der Waals surface area contributed by atoms with E-state index >= 15 is 0 Å². The van der Waals surface area contributed by atoms with Crippen LogP contribution in [0.1, 0.15) is 35.8 Å². The minimum atomic E-state index is -1.54. The minimum absolute atomic E-state index is 0.0635. The smallest absolute Gasteiger partial charge is 0.251 e. The number of halogens is 2. The van der Waals surface area contributed by atoms with Gasteiger partial charge in [0, 0.05) is 17.7 Å². The highest BCUT2D eigenvalue weighted by Crippen LogP contribution is 2.35. The highest BCUT2D eigenvalue weighted by Gasteiger charge is 2.29. The molecule has 8 nitrogen and oxygen atoms in total. The predicted octanol–water partition coefficient (Wildman–Crippen LogP) is 4.11. The number of aromatic nitrogens is 1. The number of amides is 1. The van der Waals surface area contributed by atoms with E-state index in [0.717, 1.165) is 6.42 Å². The van der Waals surface area contributed by atoms with Crippen LogP contribution in [0.2, 0.25) is 5.02 Å². The second kappa shape index (κ2) is 10.9. The van der Waals surface area contributed by atoms with Crippen molar-refractivity contribution in [2.45, 2.75) is 31.6 Å². The van der Waals surface area contributed by atoms with Crippen molar-refractivity contribution in [3.8, 4) is 22.8 Å². The normalized spacial score (nSPS) is 16.8. The van der Waals surface area contributed by atoms with Crippen LogP contribution in [0.25, 0.3) is 11.3 Å². The van der Waals surface area contributed by atoms with E-state index in [9.17, 15) is 19.4 Å². The summed E-state index contributed by atoms with van der Waals surface area (Å²) in [6.45, 7) is 2.10. The van der Waals surface area contributed by atoms with Gasteiger partial charge in [-0.2, -0.15) is 0 Å². The maximum absolute atomic E-state index is 13.7. The second-order valence-corrected chi connectivity index (χ2v) is 9.44. The molecule has 2 heterocycles. The van der Waals surface area contributed by atoms with E-state index in [4.69, 9.17) is 21.1 Å². The van der Waals surface area contributed by atoms with Crippen LogP contribution in [0.15, 0.2) is 48.5 Å². The van der Waals surface area contributed by atoms with Crippen LogP contribution < -0.4 is 19.7 Å². The molecule has 4 rings (SSSR count). The van der Waals surface area contributed by atoms with Gasteiger partial charge in [-0.3, -0.25) is 4.79 Å². The van der Waals surface area contributed by atoms with Crippen LogP contribution >= 0.6 is 11.6 Å². The standard InChI is InChI=1S/C27H29ClFN3O5/c1-27(35,23-11-10-21(36-2)25(31-23)16-6-8-19(29)18(28)13-16)15-30-26(34)17-7-9-20(22(14-17)37-3)32-12-4-5-24(32)33/h6-11,13-14,24,33,35H,4-5,12,15H2,1-3H3,(H,30,34). The number of hydrogen-bond acceptors (Lipinski definition) is 7. The number of ether oxygens (including phenoxy) is 2. The maximum Gasteiger partial charge on any atom is 0.251 e. The Morgan fingerprint density at radius 3 is 2.59 bits per heavy atom. The summed E-state index contributed by atoms with van der Waals surface area (Å²) in [4.78, 5) is 19.3. The van der Waals surface area contributed by atoms with Gasteiger partial charge in [-0.25, -0.2) is 9.37 Å². The number of anilines is 1. The fourth-order valence-electron chi connectivity index (χ4n) is 4.29. The van der Waals surface area contributed by atoms with Crippen molar-refractivity contribution in [1.29, 1.82) is 0 Å².